The largest absolute Gasteiger partial charge is 0.459 e. The van der Waals surface area contributed by atoms with Crippen molar-refractivity contribution in [3.8, 4) is 0 Å². The molecular formula is C18H20N4O5. The molecule has 1 fully saturated rings. The molecule has 3 heterocycles. The minimum absolute atomic E-state index is 0.0695. The number of nitrogens with one attached hydrogen (secondary N) is 1. The number of ether oxygens (including phenoxy) is 1. The number of amides is 3. The number of fused-ring (bicyclic) bond motifs is 1. The quantitative estimate of drug-likeness (QED) is 0.613. The molecule has 0 radical (unpaired) electrons. The molecule has 0 aliphatic carbocycles. The molecule has 0 spiro atoms. The molecule has 142 valence electrons. The Morgan fingerprint density at radius 2 is 2.00 bits per heavy atom. The second kappa shape index (κ2) is 6.82. The minimum Gasteiger partial charge on any atom is -0.459 e. The number of hydrogen-bond acceptors (Lipinski definition) is 6. The van der Waals surface area contributed by atoms with Crippen LogP contribution < -0.4 is 10.9 Å². The molecule has 0 aromatic carbocycles. The van der Waals surface area contributed by atoms with Gasteiger partial charge in [-0.1, -0.05) is 6.07 Å². The molecule has 1 N–H and O–H groups in total. The predicted molar refractivity (Wildman–Crippen MR) is 94.9 cm³/mol. The summed E-state index contributed by atoms with van der Waals surface area (Å²) in [5.74, 6) is -0.980. The van der Waals surface area contributed by atoms with Gasteiger partial charge in [0.05, 0.1) is 12.1 Å². The van der Waals surface area contributed by atoms with Gasteiger partial charge in [-0.15, -0.1) is 0 Å². The Balaban J connectivity index is 1.60. The average Bonchev–Trinajstić information content (AvgIpc) is 2.78. The van der Waals surface area contributed by atoms with Crippen LogP contribution in [0.2, 0.25) is 0 Å². The topological polar surface area (TPSA) is 110 Å². The number of hydrogen-bond donors (Lipinski definition) is 1. The van der Waals surface area contributed by atoms with Crippen molar-refractivity contribution in [2.45, 2.75) is 39.3 Å². The highest BCUT2D eigenvalue weighted by molar-refractivity contribution is 6.06. The monoisotopic (exact) mass is 372 g/mol. The Kier molecular flexibility index (Phi) is 4.69. The van der Waals surface area contributed by atoms with E-state index in [1.807, 2.05) is 0 Å². The number of pyridine rings is 1. The van der Waals surface area contributed by atoms with E-state index in [1.54, 1.807) is 39.0 Å². The smallest absolute Gasteiger partial charge is 0.325 e. The zero-order valence-corrected chi connectivity index (χ0v) is 15.3. The number of nitrogens with zero attached hydrogens (tertiary/aromatic N) is 3. The average molecular weight is 372 g/mol. The molecule has 3 amide bonds. The van der Waals surface area contributed by atoms with Crippen molar-refractivity contribution >= 4 is 23.6 Å². The number of rotatable bonds is 5. The molecule has 0 atom stereocenters. The summed E-state index contributed by atoms with van der Waals surface area (Å²) < 4.78 is 6.59. The van der Waals surface area contributed by atoms with E-state index in [0.29, 0.717) is 11.3 Å². The van der Waals surface area contributed by atoms with E-state index in [1.165, 1.54) is 10.5 Å². The number of carbonyl (C=O) groups excluding carboxylic acids is 3. The summed E-state index contributed by atoms with van der Waals surface area (Å²) in [5.41, 5.74) is 0.317. The Bertz CT molecular complexity index is 995. The molecule has 9 heteroatoms. The lowest BCUT2D eigenvalue weighted by molar-refractivity contribution is -0.145. The zero-order chi connectivity index (χ0) is 19.8. The first-order valence-electron chi connectivity index (χ1n) is 8.47. The van der Waals surface area contributed by atoms with Crippen LogP contribution >= 0.6 is 0 Å². The van der Waals surface area contributed by atoms with Gasteiger partial charge in [0.15, 0.2) is 0 Å². The molecule has 2 aromatic heterocycles. The van der Waals surface area contributed by atoms with Crippen LogP contribution in [-0.2, 0) is 20.9 Å². The number of aromatic nitrogens is 2. The van der Waals surface area contributed by atoms with Crippen LogP contribution in [0.5, 0.6) is 0 Å². The van der Waals surface area contributed by atoms with Crippen molar-refractivity contribution in [1.82, 2.24) is 19.6 Å². The molecule has 27 heavy (non-hydrogen) atoms. The van der Waals surface area contributed by atoms with Crippen molar-refractivity contribution in [3.63, 3.8) is 0 Å². The summed E-state index contributed by atoms with van der Waals surface area (Å²) >= 11 is 0. The summed E-state index contributed by atoms with van der Waals surface area (Å²) in [6.07, 6.45) is -0.138. The fraction of sp³-hybridized carbons (Fsp3) is 0.389. The summed E-state index contributed by atoms with van der Waals surface area (Å²) in [7, 11) is 0. The Morgan fingerprint density at radius 3 is 2.67 bits per heavy atom. The highest BCUT2D eigenvalue weighted by Gasteiger charge is 2.44. The Hall–Kier alpha value is -3.23. The number of imide groups is 1. The molecule has 0 unspecified atom stereocenters. The maximum atomic E-state index is 12.2. The molecule has 9 nitrogen and oxygen atoms in total. The van der Waals surface area contributed by atoms with Gasteiger partial charge in [-0.05, 0) is 32.9 Å². The van der Waals surface area contributed by atoms with E-state index >= 15 is 0 Å². The van der Waals surface area contributed by atoms with Gasteiger partial charge in [-0.25, -0.2) is 9.78 Å². The maximum absolute atomic E-state index is 12.2. The summed E-state index contributed by atoms with van der Waals surface area (Å²) in [6.45, 7) is 4.76. The number of carbonyl (C=O) groups is 3. The fourth-order valence-corrected chi connectivity index (χ4v) is 2.89. The first kappa shape index (κ1) is 18.6. The van der Waals surface area contributed by atoms with E-state index in [9.17, 15) is 19.2 Å². The number of aryl methyl sites for hydroxylation is 1. The van der Waals surface area contributed by atoms with Gasteiger partial charge in [0.2, 0.25) is 0 Å². The van der Waals surface area contributed by atoms with Crippen LogP contribution in [0.15, 0.2) is 29.1 Å². The van der Waals surface area contributed by atoms with Gasteiger partial charge in [-0.3, -0.25) is 23.7 Å². The highest BCUT2D eigenvalue weighted by atomic mass is 16.5. The third-order valence-electron chi connectivity index (χ3n) is 4.30. The molecule has 2 aromatic rings. The molecule has 0 bridgehead atoms. The van der Waals surface area contributed by atoms with Crippen LogP contribution in [0.1, 0.15) is 31.7 Å². The SMILES string of the molecule is Cc1cccc2nc(COC(=O)CCN3C(=O)NC(C)(C)C3=O)cc(=O)n12. The van der Waals surface area contributed by atoms with Crippen molar-refractivity contribution < 1.29 is 19.1 Å². The first-order valence-corrected chi connectivity index (χ1v) is 8.47. The van der Waals surface area contributed by atoms with Crippen LogP contribution in [0.3, 0.4) is 0 Å². The minimum atomic E-state index is -0.976. The first-order chi connectivity index (χ1) is 12.7. The van der Waals surface area contributed by atoms with Crippen LogP contribution in [0.4, 0.5) is 4.79 Å². The Morgan fingerprint density at radius 1 is 1.26 bits per heavy atom. The van der Waals surface area contributed by atoms with E-state index in [0.717, 1.165) is 10.6 Å². The zero-order valence-electron chi connectivity index (χ0n) is 15.3. The van der Waals surface area contributed by atoms with Crippen LogP contribution in [0, 0.1) is 6.92 Å². The summed E-state index contributed by atoms with van der Waals surface area (Å²) in [5, 5.41) is 2.54. The molecular weight excluding hydrogens is 352 g/mol. The van der Waals surface area contributed by atoms with Crippen LogP contribution in [0.25, 0.3) is 5.65 Å². The lowest BCUT2D eigenvalue weighted by atomic mass is 10.1. The van der Waals surface area contributed by atoms with Gasteiger partial charge >= 0.3 is 12.0 Å². The highest BCUT2D eigenvalue weighted by Crippen LogP contribution is 2.16. The van der Waals surface area contributed by atoms with Gasteiger partial charge in [0, 0.05) is 18.3 Å². The molecule has 1 aliphatic heterocycles. The summed E-state index contributed by atoms with van der Waals surface area (Å²) in [6, 6.07) is 6.06. The molecule has 1 aliphatic rings. The van der Waals surface area contributed by atoms with E-state index < -0.39 is 17.5 Å². The predicted octanol–water partition coefficient (Wildman–Crippen LogP) is 0.767. The second-order valence-electron chi connectivity index (χ2n) is 6.87. The molecule has 3 rings (SSSR count). The van der Waals surface area contributed by atoms with Crippen LogP contribution in [-0.4, -0.2) is 44.3 Å². The van der Waals surface area contributed by atoms with Gasteiger partial charge in [0.25, 0.3) is 11.5 Å². The standard InChI is InChI=1S/C18H20N4O5/c1-11-5-4-6-13-19-12(9-14(23)22(11)13)10-27-15(24)7-8-21-16(25)18(2,3)20-17(21)26/h4-6,9H,7-8,10H2,1-3H3,(H,20,26). The molecule has 1 saturated heterocycles. The van der Waals surface area contributed by atoms with Gasteiger partial charge in [-0.2, -0.15) is 0 Å². The fourth-order valence-electron chi connectivity index (χ4n) is 2.89. The number of esters is 1. The van der Waals surface area contributed by atoms with E-state index in [-0.39, 0.29) is 31.0 Å². The third-order valence-corrected chi connectivity index (χ3v) is 4.30. The van der Waals surface area contributed by atoms with E-state index in [2.05, 4.69) is 10.3 Å². The van der Waals surface area contributed by atoms with Gasteiger partial charge < -0.3 is 10.1 Å². The summed E-state index contributed by atoms with van der Waals surface area (Å²) in [4.78, 5) is 53.3. The van der Waals surface area contributed by atoms with E-state index in [4.69, 9.17) is 4.74 Å². The van der Waals surface area contributed by atoms with Crippen molar-refractivity contribution in [2.24, 2.45) is 0 Å². The normalized spacial score (nSPS) is 15.9. The Labute approximate surface area is 154 Å². The third kappa shape index (κ3) is 3.67. The lowest BCUT2D eigenvalue weighted by Crippen LogP contribution is -2.40. The van der Waals surface area contributed by atoms with Crippen molar-refractivity contribution in [3.05, 3.63) is 46.0 Å². The lowest BCUT2D eigenvalue weighted by Gasteiger charge is -2.15. The number of urea groups is 1. The van der Waals surface area contributed by atoms with Crippen molar-refractivity contribution in [2.75, 3.05) is 6.54 Å². The molecule has 0 saturated carbocycles. The van der Waals surface area contributed by atoms with Gasteiger partial charge in [0.1, 0.15) is 17.8 Å². The second-order valence-corrected chi connectivity index (χ2v) is 6.87. The maximum Gasteiger partial charge on any atom is 0.325 e. The van der Waals surface area contributed by atoms with Crippen molar-refractivity contribution in [1.29, 1.82) is 0 Å².